The van der Waals surface area contributed by atoms with Gasteiger partial charge in [-0.25, -0.2) is 0 Å². The van der Waals surface area contributed by atoms with E-state index in [4.69, 9.17) is 0 Å². The van der Waals surface area contributed by atoms with Gasteiger partial charge in [-0.3, -0.25) is 0 Å². The molecule has 0 aliphatic heterocycles. The van der Waals surface area contributed by atoms with E-state index in [1.807, 2.05) is 0 Å². The molecule has 0 unspecified atom stereocenters. The number of anilines is 3. The molecule has 0 bridgehead atoms. The normalized spacial score (nSPS) is 12.8. The van der Waals surface area contributed by atoms with E-state index in [9.17, 15) is 0 Å². The maximum atomic E-state index is 2.41. The Hall–Kier alpha value is -6.18. The highest BCUT2D eigenvalue weighted by molar-refractivity contribution is 5.97. The van der Waals surface area contributed by atoms with E-state index in [0.717, 1.165) is 17.1 Å². The van der Waals surface area contributed by atoms with Gasteiger partial charge in [-0.15, -0.1) is 0 Å². The SMILES string of the molecule is Cc1ccccc1-c1cc2ccccc2cc1-c1ccc(N(c2cccc(-c3ccccc3)c2)c2ccc3c(c2)C(C)(C)c2ccccc2-3)cc1. The van der Waals surface area contributed by atoms with Crippen molar-refractivity contribution in [3.63, 3.8) is 0 Å². The van der Waals surface area contributed by atoms with E-state index in [1.165, 1.54) is 72.0 Å². The summed E-state index contributed by atoms with van der Waals surface area (Å²) in [6, 6.07) is 66.7. The quantitative estimate of drug-likeness (QED) is 0.173. The number of benzene rings is 8. The number of rotatable bonds is 6. The van der Waals surface area contributed by atoms with Crippen molar-refractivity contribution in [2.45, 2.75) is 26.2 Å². The minimum absolute atomic E-state index is 0.0919. The van der Waals surface area contributed by atoms with Gasteiger partial charge in [0.1, 0.15) is 0 Å². The molecule has 0 saturated heterocycles. The summed E-state index contributed by atoms with van der Waals surface area (Å²) in [4.78, 5) is 2.41. The number of hydrogen-bond acceptors (Lipinski definition) is 1. The molecule has 0 radical (unpaired) electrons. The van der Waals surface area contributed by atoms with Crippen LogP contribution in [-0.4, -0.2) is 0 Å². The van der Waals surface area contributed by atoms with Crippen LogP contribution in [0.15, 0.2) is 182 Å². The van der Waals surface area contributed by atoms with Gasteiger partial charge in [-0.05, 0) is 127 Å². The second-order valence-electron chi connectivity index (χ2n) is 14.3. The van der Waals surface area contributed by atoms with Crippen molar-refractivity contribution in [3.8, 4) is 44.5 Å². The van der Waals surface area contributed by atoms with Gasteiger partial charge in [0.2, 0.25) is 0 Å². The van der Waals surface area contributed by atoms with Crippen molar-refractivity contribution in [3.05, 3.63) is 199 Å². The van der Waals surface area contributed by atoms with Crippen LogP contribution in [0.4, 0.5) is 17.1 Å². The van der Waals surface area contributed by atoms with Crippen LogP contribution in [0.5, 0.6) is 0 Å². The molecule has 0 spiro atoms. The largest absolute Gasteiger partial charge is 0.310 e. The molecule has 0 amide bonds. The summed E-state index contributed by atoms with van der Waals surface area (Å²) in [5, 5.41) is 2.50. The zero-order valence-corrected chi connectivity index (χ0v) is 29.3. The molecule has 0 atom stereocenters. The van der Waals surface area contributed by atoms with Crippen molar-refractivity contribution in [1.29, 1.82) is 0 Å². The highest BCUT2D eigenvalue weighted by Gasteiger charge is 2.35. The van der Waals surface area contributed by atoms with Crippen LogP contribution in [0, 0.1) is 6.92 Å². The topological polar surface area (TPSA) is 3.24 Å². The molecule has 0 aromatic heterocycles. The van der Waals surface area contributed by atoms with Crippen molar-refractivity contribution >= 4 is 27.8 Å². The molecule has 8 aromatic rings. The Morgan fingerprint density at radius 1 is 0.353 bits per heavy atom. The molecule has 51 heavy (non-hydrogen) atoms. The standard InChI is InChI=1S/C50H39N/c1-34-14-7-10-21-43(34)47-32-39-18-9-8-17-38(39)31-46(47)36-24-26-40(27-25-36)51(41-20-13-19-37(30-41)35-15-5-4-6-16-35)42-28-29-45-44-22-11-12-23-48(44)50(2,3)49(45)33-42/h4-33H,1-3H3. The predicted molar refractivity (Wildman–Crippen MR) is 217 cm³/mol. The molecule has 8 aromatic carbocycles. The van der Waals surface area contributed by atoms with Crippen LogP contribution in [0.2, 0.25) is 0 Å². The van der Waals surface area contributed by atoms with Crippen molar-refractivity contribution in [2.75, 3.05) is 4.90 Å². The number of nitrogens with zero attached hydrogens (tertiary/aromatic N) is 1. The zero-order valence-electron chi connectivity index (χ0n) is 29.3. The number of fused-ring (bicyclic) bond motifs is 4. The lowest BCUT2D eigenvalue weighted by atomic mass is 9.82. The molecule has 0 N–H and O–H groups in total. The monoisotopic (exact) mass is 653 g/mol. The first-order chi connectivity index (χ1) is 25.0. The molecule has 0 fully saturated rings. The first kappa shape index (κ1) is 30.8. The molecule has 1 aliphatic carbocycles. The van der Waals surface area contributed by atoms with Crippen molar-refractivity contribution in [1.82, 2.24) is 0 Å². The van der Waals surface area contributed by atoms with Gasteiger partial charge in [0.25, 0.3) is 0 Å². The van der Waals surface area contributed by atoms with Gasteiger partial charge in [-0.1, -0.05) is 147 Å². The molecule has 244 valence electrons. The van der Waals surface area contributed by atoms with Crippen LogP contribution in [-0.2, 0) is 5.41 Å². The molecular weight excluding hydrogens is 615 g/mol. The summed E-state index contributed by atoms with van der Waals surface area (Å²) in [6.07, 6.45) is 0. The Morgan fingerprint density at radius 3 is 1.71 bits per heavy atom. The zero-order chi connectivity index (χ0) is 34.5. The first-order valence-electron chi connectivity index (χ1n) is 17.8. The van der Waals surface area contributed by atoms with E-state index in [-0.39, 0.29) is 5.41 Å². The molecular formula is C50H39N. The van der Waals surface area contributed by atoms with Gasteiger partial charge in [-0.2, -0.15) is 0 Å². The predicted octanol–water partition coefficient (Wildman–Crippen LogP) is 13.9. The Labute approximate surface area is 301 Å². The van der Waals surface area contributed by atoms with E-state index in [1.54, 1.807) is 0 Å². The fourth-order valence-corrected chi connectivity index (χ4v) is 8.10. The average Bonchev–Trinajstić information content (AvgIpc) is 3.41. The highest BCUT2D eigenvalue weighted by atomic mass is 15.1. The Bertz CT molecular complexity index is 2560. The van der Waals surface area contributed by atoms with Gasteiger partial charge in [0.15, 0.2) is 0 Å². The third kappa shape index (κ3) is 5.34. The fourth-order valence-electron chi connectivity index (χ4n) is 8.10. The summed E-state index contributed by atoms with van der Waals surface area (Å²) in [6.45, 7) is 6.91. The third-order valence-corrected chi connectivity index (χ3v) is 10.8. The minimum Gasteiger partial charge on any atom is -0.310 e. The summed E-state index contributed by atoms with van der Waals surface area (Å²) in [5.41, 5.74) is 17.4. The lowest BCUT2D eigenvalue weighted by Gasteiger charge is -2.28. The number of hydrogen-bond donors (Lipinski definition) is 0. The molecule has 9 rings (SSSR count). The van der Waals surface area contributed by atoms with Crippen LogP contribution in [0.3, 0.4) is 0 Å². The smallest absolute Gasteiger partial charge is 0.0467 e. The molecule has 0 heterocycles. The maximum Gasteiger partial charge on any atom is 0.0467 e. The molecule has 1 heteroatoms. The summed E-state index contributed by atoms with van der Waals surface area (Å²) in [5.74, 6) is 0. The van der Waals surface area contributed by atoms with Crippen LogP contribution >= 0.6 is 0 Å². The number of aryl methyl sites for hydroxylation is 1. The van der Waals surface area contributed by atoms with Gasteiger partial charge < -0.3 is 4.90 Å². The van der Waals surface area contributed by atoms with Crippen LogP contribution in [0.25, 0.3) is 55.3 Å². The van der Waals surface area contributed by atoms with Gasteiger partial charge >= 0.3 is 0 Å². The Balaban J connectivity index is 1.20. The second-order valence-corrected chi connectivity index (χ2v) is 14.3. The van der Waals surface area contributed by atoms with Crippen molar-refractivity contribution in [2.24, 2.45) is 0 Å². The Morgan fingerprint density at radius 2 is 0.941 bits per heavy atom. The van der Waals surface area contributed by atoms with Crippen LogP contribution < -0.4 is 4.90 Å². The van der Waals surface area contributed by atoms with E-state index in [2.05, 4.69) is 208 Å². The fraction of sp³-hybridized carbons (Fsp3) is 0.0800. The average molecular weight is 654 g/mol. The Kier molecular flexibility index (Phi) is 7.44. The molecule has 0 saturated carbocycles. The van der Waals surface area contributed by atoms with Crippen LogP contribution in [0.1, 0.15) is 30.5 Å². The first-order valence-corrected chi connectivity index (χ1v) is 17.8. The maximum absolute atomic E-state index is 2.41. The van der Waals surface area contributed by atoms with E-state index in [0.29, 0.717) is 0 Å². The third-order valence-electron chi connectivity index (χ3n) is 10.8. The second kappa shape index (κ2) is 12.3. The lowest BCUT2D eigenvalue weighted by Crippen LogP contribution is -2.16. The summed E-state index contributed by atoms with van der Waals surface area (Å²) < 4.78 is 0. The van der Waals surface area contributed by atoms with E-state index < -0.39 is 0 Å². The summed E-state index contributed by atoms with van der Waals surface area (Å²) in [7, 11) is 0. The van der Waals surface area contributed by atoms with Crippen molar-refractivity contribution < 1.29 is 0 Å². The highest BCUT2D eigenvalue weighted by Crippen LogP contribution is 2.51. The molecule has 1 aliphatic rings. The minimum atomic E-state index is -0.0919. The lowest BCUT2D eigenvalue weighted by molar-refractivity contribution is 0.660. The van der Waals surface area contributed by atoms with Gasteiger partial charge in [0.05, 0.1) is 0 Å². The van der Waals surface area contributed by atoms with E-state index >= 15 is 0 Å². The molecule has 1 nitrogen and oxygen atoms in total. The summed E-state index contributed by atoms with van der Waals surface area (Å²) >= 11 is 0. The van der Waals surface area contributed by atoms with Gasteiger partial charge in [0, 0.05) is 22.5 Å².